The third-order valence-electron chi connectivity index (χ3n) is 4.30. The van der Waals surface area contributed by atoms with E-state index in [0.29, 0.717) is 11.3 Å². The maximum absolute atomic E-state index is 12.6. The predicted octanol–water partition coefficient (Wildman–Crippen LogP) is 6.38. The Bertz CT molecular complexity index is 1360. The minimum Gasteiger partial charge on any atom is -0.376 e. The molecule has 0 saturated heterocycles. The number of hydrogen-bond donors (Lipinski definition) is 1. The number of halogens is 3. The molecule has 33 heavy (non-hydrogen) atoms. The van der Waals surface area contributed by atoms with Gasteiger partial charge in [-0.2, -0.15) is 13.7 Å². The summed E-state index contributed by atoms with van der Waals surface area (Å²) < 4.78 is 31.1. The Balaban J connectivity index is 1.85. The molecule has 1 amide bonds. The molecule has 0 spiro atoms. The molecule has 0 saturated carbocycles. The lowest BCUT2D eigenvalue weighted by molar-refractivity contribution is -0.112. The molecule has 3 aromatic rings. The zero-order valence-electron chi connectivity index (χ0n) is 17.0. The van der Waals surface area contributed by atoms with Gasteiger partial charge in [0.15, 0.2) is 5.75 Å². The molecule has 0 fully saturated rings. The Morgan fingerprint density at radius 1 is 1.06 bits per heavy atom. The lowest BCUT2D eigenvalue weighted by Gasteiger charge is -2.11. The van der Waals surface area contributed by atoms with Crippen LogP contribution in [-0.4, -0.2) is 14.3 Å². The molecular formula is C23H15BrCl2N2O4S. The van der Waals surface area contributed by atoms with Crippen molar-refractivity contribution in [3.05, 3.63) is 91.9 Å². The number of anilines is 1. The molecule has 0 unspecified atom stereocenters. The summed E-state index contributed by atoms with van der Waals surface area (Å²) in [5.74, 6) is -0.886. The molecule has 0 aliphatic heterocycles. The van der Waals surface area contributed by atoms with Gasteiger partial charge in [-0.05, 0) is 67.1 Å². The van der Waals surface area contributed by atoms with Crippen LogP contribution in [0.15, 0.2) is 75.6 Å². The number of nitrogens with zero attached hydrogens (tertiary/aromatic N) is 1. The van der Waals surface area contributed by atoms with E-state index in [1.165, 1.54) is 30.3 Å². The van der Waals surface area contributed by atoms with Crippen LogP contribution in [0, 0.1) is 18.3 Å². The first kappa shape index (κ1) is 24.8. The standard InChI is InChI=1S/C23H15BrCl2N2O4S/c1-14-2-8-19(9-3-14)33(30,31)32-22-20(25)11-15(12-21(22)26)10-16(13-27)23(29)28-18-6-4-17(24)5-7-18/h2-12H,1H3,(H,28,29)/b16-10+. The number of amides is 1. The third kappa shape index (κ3) is 6.36. The van der Waals surface area contributed by atoms with E-state index in [-0.39, 0.29) is 26.3 Å². The van der Waals surface area contributed by atoms with Crippen LogP contribution < -0.4 is 9.50 Å². The first-order valence-corrected chi connectivity index (χ1v) is 12.2. The normalized spacial score (nSPS) is 11.5. The molecule has 0 atom stereocenters. The Morgan fingerprint density at radius 3 is 2.18 bits per heavy atom. The number of carbonyl (C=O) groups is 1. The van der Waals surface area contributed by atoms with E-state index in [1.807, 2.05) is 13.0 Å². The topological polar surface area (TPSA) is 96.3 Å². The quantitative estimate of drug-likeness (QED) is 0.212. The van der Waals surface area contributed by atoms with E-state index in [2.05, 4.69) is 21.2 Å². The summed E-state index contributed by atoms with van der Waals surface area (Å²) in [6.07, 6.45) is 1.28. The molecule has 10 heteroatoms. The molecule has 0 aliphatic rings. The minimum atomic E-state index is -4.17. The van der Waals surface area contributed by atoms with Crippen LogP contribution in [0.25, 0.3) is 6.08 Å². The molecule has 3 aromatic carbocycles. The monoisotopic (exact) mass is 564 g/mol. The Hall–Kier alpha value is -2.83. The average Bonchev–Trinajstić information content (AvgIpc) is 2.76. The fraction of sp³-hybridized carbons (Fsp3) is 0.0435. The summed E-state index contributed by atoms with van der Waals surface area (Å²) in [6.45, 7) is 1.83. The molecule has 3 rings (SSSR count). The minimum absolute atomic E-state index is 0.0550. The summed E-state index contributed by atoms with van der Waals surface area (Å²) in [4.78, 5) is 12.4. The van der Waals surface area contributed by atoms with E-state index in [9.17, 15) is 18.5 Å². The van der Waals surface area contributed by atoms with Crippen LogP contribution in [0.3, 0.4) is 0 Å². The molecule has 0 radical (unpaired) electrons. The van der Waals surface area contributed by atoms with Crippen LogP contribution in [0.4, 0.5) is 5.69 Å². The maximum atomic E-state index is 12.6. The van der Waals surface area contributed by atoms with Gasteiger partial charge in [0.05, 0.1) is 10.0 Å². The summed E-state index contributed by atoms with van der Waals surface area (Å²) >= 11 is 15.7. The smallest absolute Gasteiger partial charge is 0.339 e. The van der Waals surface area contributed by atoms with Crippen molar-refractivity contribution in [2.24, 2.45) is 0 Å². The molecular weight excluding hydrogens is 551 g/mol. The van der Waals surface area contributed by atoms with Crippen LogP contribution in [0.5, 0.6) is 5.75 Å². The van der Waals surface area contributed by atoms with Gasteiger partial charge in [-0.25, -0.2) is 0 Å². The molecule has 1 N–H and O–H groups in total. The van der Waals surface area contributed by atoms with Gasteiger partial charge in [0.2, 0.25) is 0 Å². The molecule has 168 valence electrons. The predicted molar refractivity (Wildman–Crippen MR) is 132 cm³/mol. The van der Waals surface area contributed by atoms with Gasteiger partial charge in [0.1, 0.15) is 16.5 Å². The maximum Gasteiger partial charge on any atom is 0.339 e. The number of rotatable bonds is 6. The molecule has 0 bridgehead atoms. The molecule has 6 nitrogen and oxygen atoms in total. The highest BCUT2D eigenvalue weighted by atomic mass is 79.9. The number of benzene rings is 3. The van der Waals surface area contributed by atoms with Crippen LogP contribution >= 0.6 is 39.1 Å². The highest BCUT2D eigenvalue weighted by Gasteiger charge is 2.21. The second kappa shape index (κ2) is 10.4. The van der Waals surface area contributed by atoms with Gasteiger partial charge in [0, 0.05) is 10.2 Å². The number of carbonyl (C=O) groups excluding carboxylic acids is 1. The van der Waals surface area contributed by atoms with Gasteiger partial charge in [0.25, 0.3) is 5.91 Å². The number of nitriles is 1. The number of hydrogen-bond acceptors (Lipinski definition) is 5. The van der Waals surface area contributed by atoms with Crippen molar-refractivity contribution in [2.45, 2.75) is 11.8 Å². The number of aryl methyl sites for hydroxylation is 1. The third-order valence-corrected chi connectivity index (χ3v) is 6.63. The van der Waals surface area contributed by atoms with Crippen LogP contribution in [0.2, 0.25) is 10.0 Å². The highest BCUT2D eigenvalue weighted by molar-refractivity contribution is 9.10. The van der Waals surface area contributed by atoms with Crippen molar-refractivity contribution < 1.29 is 17.4 Å². The zero-order valence-corrected chi connectivity index (χ0v) is 20.9. The lowest BCUT2D eigenvalue weighted by Crippen LogP contribution is -2.13. The summed E-state index contributed by atoms with van der Waals surface area (Å²) in [6, 6.07) is 17.4. The van der Waals surface area contributed by atoms with Gasteiger partial charge >= 0.3 is 10.1 Å². The van der Waals surface area contributed by atoms with Crippen molar-refractivity contribution in [3.63, 3.8) is 0 Å². The van der Waals surface area contributed by atoms with Gasteiger partial charge in [-0.1, -0.05) is 56.8 Å². The molecule has 0 aromatic heterocycles. The number of nitrogens with one attached hydrogen (secondary N) is 1. The van der Waals surface area contributed by atoms with Gasteiger partial charge in [-0.3, -0.25) is 4.79 Å². The first-order chi connectivity index (χ1) is 15.6. The van der Waals surface area contributed by atoms with Crippen molar-refractivity contribution in [2.75, 3.05) is 5.32 Å². The Kier molecular flexibility index (Phi) is 7.82. The van der Waals surface area contributed by atoms with E-state index in [4.69, 9.17) is 27.4 Å². The molecule has 0 heterocycles. The SMILES string of the molecule is Cc1ccc(S(=O)(=O)Oc2c(Cl)cc(/C=C(\C#N)C(=O)Nc3ccc(Br)cc3)cc2Cl)cc1. The van der Waals surface area contributed by atoms with Crippen molar-refractivity contribution >= 4 is 66.9 Å². The second-order valence-electron chi connectivity index (χ2n) is 6.80. The average molecular weight is 566 g/mol. The van der Waals surface area contributed by atoms with Gasteiger partial charge < -0.3 is 9.50 Å². The zero-order chi connectivity index (χ0) is 24.2. The summed E-state index contributed by atoms with van der Waals surface area (Å²) in [5.41, 5.74) is 1.50. The highest BCUT2D eigenvalue weighted by Crippen LogP contribution is 2.37. The van der Waals surface area contributed by atoms with E-state index < -0.39 is 16.0 Å². The van der Waals surface area contributed by atoms with Crippen molar-refractivity contribution in [1.82, 2.24) is 0 Å². The van der Waals surface area contributed by atoms with E-state index in [1.54, 1.807) is 36.4 Å². The second-order valence-corrected chi connectivity index (χ2v) is 10.1. The Morgan fingerprint density at radius 2 is 1.64 bits per heavy atom. The van der Waals surface area contributed by atoms with E-state index >= 15 is 0 Å². The van der Waals surface area contributed by atoms with Gasteiger partial charge in [-0.15, -0.1) is 0 Å². The summed E-state index contributed by atoms with van der Waals surface area (Å²) in [5, 5.41) is 11.8. The van der Waals surface area contributed by atoms with Crippen LogP contribution in [-0.2, 0) is 14.9 Å². The fourth-order valence-electron chi connectivity index (χ4n) is 2.65. The summed E-state index contributed by atoms with van der Waals surface area (Å²) in [7, 11) is -4.17. The van der Waals surface area contributed by atoms with Crippen LogP contribution in [0.1, 0.15) is 11.1 Å². The lowest BCUT2D eigenvalue weighted by atomic mass is 10.1. The van der Waals surface area contributed by atoms with Crippen molar-refractivity contribution in [1.29, 1.82) is 5.26 Å². The van der Waals surface area contributed by atoms with E-state index in [0.717, 1.165) is 10.0 Å². The first-order valence-electron chi connectivity index (χ1n) is 9.28. The van der Waals surface area contributed by atoms with Crippen molar-refractivity contribution in [3.8, 4) is 11.8 Å². The molecule has 0 aliphatic carbocycles. The fourth-order valence-corrected chi connectivity index (χ4v) is 4.55. The largest absolute Gasteiger partial charge is 0.376 e. The Labute approximate surface area is 209 Å².